The van der Waals surface area contributed by atoms with Crippen LogP contribution in [0.4, 0.5) is 17.6 Å². The van der Waals surface area contributed by atoms with Crippen LogP contribution in [0.2, 0.25) is 0 Å². The molecule has 0 heterocycles. The summed E-state index contributed by atoms with van der Waals surface area (Å²) in [5.41, 5.74) is 3.03. The van der Waals surface area contributed by atoms with Crippen molar-refractivity contribution in [1.82, 2.24) is 0 Å². The van der Waals surface area contributed by atoms with Crippen LogP contribution in [0.5, 0.6) is 0 Å². The Hall–Kier alpha value is -2.62. The molecule has 0 radical (unpaired) electrons. The van der Waals surface area contributed by atoms with E-state index in [4.69, 9.17) is 0 Å². The van der Waals surface area contributed by atoms with Gasteiger partial charge in [-0.2, -0.15) is 0 Å². The fraction of sp³-hybridized carbons (Fsp3) is 0.419. The molecule has 0 unspecified atom stereocenters. The fourth-order valence-corrected chi connectivity index (χ4v) is 5.40. The maximum atomic E-state index is 14.9. The van der Waals surface area contributed by atoms with Crippen LogP contribution < -0.4 is 0 Å². The van der Waals surface area contributed by atoms with Crippen molar-refractivity contribution >= 4 is 0 Å². The molecule has 0 saturated heterocycles. The van der Waals surface area contributed by atoms with Gasteiger partial charge in [0.25, 0.3) is 0 Å². The molecule has 0 nitrogen and oxygen atoms in total. The van der Waals surface area contributed by atoms with Crippen LogP contribution in [0, 0.1) is 29.2 Å². The lowest BCUT2D eigenvalue weighted by atomic mass is 9.77. The molecular weight excluding hydrogens is 448 g/mol. The second kappa shape index (κ2) is 11.4. The summed E-state index contributed by atoms with van der Waals surface area (Å²) in [6.07, 6.45) is 7.32. The fourth-order valence-electron chi connectivity index (χ4n) is 5.40. The van der Waals surface area contributed by atoms with Gasteiger partial charge in [0.15, 0.2) is 23.3 Å². The molecule has 1 saturated carbocycles. The van der Waals surface area contributed by atoms with E-state index in [0.717, 1.165) is 44.1 Å². The molecule has 3 aromatic carbocycles. The smallest absolute Gasteiger partial charge is 0.166 e. The number of hydrogen-bond donors (Lipinski definition) is 0. The third kappa shape index (κ3) is 5.63. The molecule has 0 aliphatic heterocycles. The van der Waals surface area contributed by atoms with Gasteiger partial charge in [0.1, 0.15) is 0 Å². The molecular formula is C31H34F4. The van der Waals surface area contributed by atoms with Crippen LogP contribution in [-0.4, -0.2) is 0 Å². The molecule has 0 atom stereocenters. The molecule has 4 rings (SSSR count). The average molecular weight is 483 g/mol. The Morgan fingerprint density at radius 3 is 1.91 bits per heavy atom. The van der Waals surface area contributed by atoms with Crippen LogP contribution in [-0.2, 0) is 19.3 Å². The van der Waals surface area contributed by atoms with Crippen molar-refractivity contribution in [2.45, 2.75) is 77.6 Å². The number of benzene rings is 3. The Balaban J connectivity index is 1.42. The Bertz CT molecular complexity index is 1140. The minimum atomic E-state index is -0.829. The van der Waals surface area contributed by atoms with Crippen LogP contribution in [0.1, 0.15) is 80.5 Å². The summed E-state index contributed by atoms with van der Waals surface area (Å²) in [4.78, 5) is 0. The van der Waals surface area contributed by atoms with E-state index in [1.165, 1.54) is 0 Å². The van der Waals surface area contributed by atoms with Crippen molar-refractivity contribution in [2.75, 3.05) is 0 Å². The predicted octanol–water partition coefficient (Wildman–Crippen LogP) is 9.33. The quantitative estimate of drug-likeness (QED) is 0.281. The standard InChI is InChI=1S/C31H34F4/c1-3-5-24-16-18-26(30(34)28(24)32)23-13-8-21(9-14-23)10-15-25-17-19-27(31(35)29(25)33)22-11-6-20(4-2)7-12-22/h8-9,13-14,16-20,22H,3-7,10-12,15H2,1-2H3. The first-order valence-electron chi connectivity index (χ1n) is 13.0. The van der Waals surface area contributed by atoms with E-state index in [1.807, 2.05) is 19.1 Å². The molecule has 0 aromatic heterocycles. The highest BCUT2D eigenvalue weighted by Gasteiger charge is 2.25. The molecule has 186 valence electrons. The van der Waals surface area contributed by atoms with E-state index in [2.05, 4.69) is 6.92 Å². The molecule has 35 heavy (non-hydrogen) atoms. The number of halogens is 4. The molecule has 0 spiro atoms. The van der Waals surface area contributed by atoms with Crippen LogP contribution >= 0.6 is 0 Å². The first kappa shape index (κ1) is 25.5. The Kier molecular flexibility index (Phi) is 8.30. The zero-order chi connectivity index (χ0) is 24.9. The SMILES string of the molecule is CCCc1ccc(-c2ccc(CCc3ccc(C4CCC(CC)CC4)c(F)c3F)cc2)c(F)c1F. The van der Waals surface area contributed by atoms with Gasteiger partial charge in [-0.25, -0.2) is 17.6 Å². The number of aryl methyl sites for hydroxylation is 3. The van der Waals surface area contributed by atoms with Crippen molar-refractivity contribution in [2.24, 2.45) is 5.92 Å². The van der Waals surface area contributed by atoms with Crippen LogP contribution in [0.3, 0.4) is 0 Å². The summed E-state index contributed by atoms with van der Waals surface area (Å²) in [6, 6.07) is 13.9. The minimum Gasteiger partial charge on any atom is -0.203 e. The molecule has 4 heteroatoms. The summed E-state index contributed by atoms with van der Waals surface area (Å²) in [6.45, 7) is 4.12. The molecule has 0 amide bonds. The lowest BCUT2D eigenvalue weighted by Gasteiger charge is -2.28. The molecule has 3 aromatic rings. The normalized spacial score (nSPS) is 18.1. The van der Waals surface area contributed by atoms with E-state index in [-0.39, 0.29) is 11.5 Å². The predicted molar refractivity (Wildman–Crippen MR) is 135 cm³/mol. The van der Waals surface area contributed by atoms with Gasteiger partial charge in [-0.15, -0.1) is 0 Å². The van der Waals surface area contributed by atoms with Gasteiger partial charge in [0.2, 0.25) is 0 Å². The van der Waals surface area contributed by atoms with Crippen molar-refractivity contribution in [3.05, 3.63) is 94.1 Å². The maximum absolute atomic E-state index is 14.9. The highest BCUT2D eigenvalue weighted by Crippen LogP contribution is 2.38. The molecule has 0 N–H and O–H groups in total. The third-order valence-corrected chi connectivity index (χ3v) is 7.69. The summed E-state index contributed by atoms with van der Waals surface area (Å²) in [5, 5.41) is 0. The van der Waals surface area contributed by atoms with Gasteiger partial charge in [0.05, 0.1) is 0 Å². The van der Waals surface area contributed by atoms with Gasteiger partial charge in [-0.3, -0.25) is 0 Å². The molecule has 1 aliphatic carbocycles. The Labute approximate surface area is 206 Å². The van der Waals surface area contributed by atoms with Gasteiger partial charge in [-0.05, 0) is 84.6 Å². The van der Waals surface area contributed by atoms with E-state index in [1.54, 1.807) is 36.4 Å². The summed E-state index contributed by atoms with van der Waals surface area (Å²) >= 11 is 0. The second-order valence-corrected chi connectivity index (χ2v) is 9.91. The van der Waals surface area contributed by atoms with Gasteiger partial charge >= 0.3 is 0 Å². The lowest BCUT2D eigenvalue weighted by Crippen LogP contribution is -2.14. The van der Waals surface area contributed by atoms with E-state index in [9.17, 15) is 17.6 Å². The number of rotatable bonds is 8. The molecule has 1 aliphatic rings. The van der Waals surface area contributed by atoms with E-state index in [0.29, 0.717) is 47.4 Å². The topological polar surface area (TPSA) is 0 Å². The van der Waals surface area contributed by atoms with Crippen LogP contribution in [0.15, 0.2) is 48.5 Å². The zero-order valence-corrected chi connectivity index (χ0v) is 20.6. The van der Waals surface area contributed by atoms with Crippen molar-refractivity contribution in [3.8, 4) is 11.1 Å². The summed E-state index contributed by atoms with van der Waals surface area (Å²) in [7, 11) is 0. The third-order valence-electron chi connectivity index (χ3n) is 7.69. The monoisotopic (exact) mass is 482 g/mol. The van der Waals surface area contributed by atoms with E-state index >= 15 is 0 Å². The molecule has 1 fully saturated rings. The van der Waals surface area contributed by atoms with Crippen molar-refractivity contribution < 1.29 is 17.6 Å². The van der Waals surface area contributed by atoms with Crippen molar-refractivity contribution in [1.29, 1.82) is 0 Å². The zero-order valence-electron chi connectivity index (χ0n) is 20.6. The maximum Gasteiger partial charge on any atom is 0.166 e. The first-order valence-corrected chi connectivity index (χ1v) is 13.0. The Morgan fingerprint density at radius 2 is 1.26 bits per heavy atom. The highest BCUT2D eigenvalue weighted by atomic mass is 19.2. The average Bonchev–Trinajstić information content (AvgIpc) is 2.88. The first-order chi connectivity index (χ1) is 16.9. The minimum absolute atomic E-state index is 0.107. The number of hydrogen-bond acceptors (Lipinski definition) is 0. The highest BCUT2D eigenvalue weighted by molar-refractivity contribution is 5.65. The molecule has 0 bridgehead atoms. The Morgan fingerprint density at radius 1 is 0.629 bits per heavy atom. The van der Waals surface area contributed by atoms with Gasteiger partial charge in [-0.1, -0.05) is 75.2 Å². The van der Waals surface area contributed by atoms with Gasteiger partial charge < -0.3 is 0 Å². The second-order valence-electron chi connectivity index (χ2n) is 9.91. The van der Waals surface area contributed by atoms with Gasteiger partial charge in [0, 0.05) is 5.56 Å². The summed E-state index contributed by atoms with van der Waals surface area (Å²) in [5.74, 6) is -2.23. The van der Waals surface area contributed by atoms with Crippen molar-refractivity contribution in [3.63, 3.8) is 0 Å². The largest absolute Gasteiger partial charge is 0.203 e. The summed E-state index contributed by atoms with van der Waals surface area (Å²) < 4.78 is 58.7. The lowest BCUT2D eigenvalue weighted by molar-refractivity contribution is 0.312. The van der Waals surface area contributed by atoms with Crippen LogP contribution in [0.25, 0.3) is 11.1 Å². The van der Waals surface area contributed by atoms with E-state index < -0.39 is 23.3 Å².